The fraction of sp³-hybridized carbons (Fsp3) is 0.143. The molecule has 0 saturated carbocycles. The molecule has 0 fully saturated rings. The Morgan fingerprint density at radius 1 is 0.765 bits per heavy atom. The minimum atomic E-state index is -2.43. The van der Waals surface area contributed by atoms with E-state index in [1.807, 2.05) is 60.7 Å². The normalized spacial score (nSPS) is 11.7. The Hall–Kier alpha value is -0.900. The lowest BCUT2D eigenvalue weighted by atomic mass is 10.4. The molecule has 0 unspecified atom stereocenters. The predicted octanol–water partition coefficient (Wildman–Crippen LogP) is 3.66. The molecule has 0 aliphatic heterocycles. The van der Waals surface area contributed by atoms with Crippen molar-refractivity contribution in [1.82, 2.24) is 0 Å². The third kappa shape index (κ3) is 2.37. The average molecular weight is 262 g/mol. The molecule has 17 heavy (non-hydrogen) atoms. The molecule has 2 rings (SSSR count). The topological polar surface area (TPSA) is 17.1 Å². The third-order valence-electron chi connectivity index (χ3n) is 2.78. The minimum absolute atomic E-state index is 0.543. The van der Waals surface area contributed by atoms with Crippen LogP contribution in [0.4, 0.5) is 0 Å². The van der Waals surface area contributed by atoms with E-state index in [9.17, 15) is 4.57 Å². The van der Waals surface area contributed by atoms with Gasteiger partial charge in [-0.15, -0.1) is 0 Å². The second-order valence-corrected chi connectivity index (χ2v) is 12.1. The van der Waals surface area contributed by atoms with Gasteiger partial charge in [0.05, 0.1) is 0 Å². The molecule has 0 spiro atoms. The van der Waals surface area contributed by atoms with Gasteiger partial charge in [0.25, 0.3) is 0 Å². The second kappa shape index (κ2) is 5.17. The smallest absolute Gasteiger partial charge is 0.162 e. The van der Waals surface area contributed by atoms with Crippen molar-refractivity contribution >= 4 is 25.0 Å². The van der Waals surface area contributed by atoms with Crippen LogP contribution in [0.25, 0.3) is 0 Å². The van der Waals surface area contributed by atoms with E-state index >= 15 is 0 Å². The highest BCUT2D eigenvalue weighted by Crippen LogP contribution is 2.69. The highest BCUT2D eigenvalue weighted by Gasteiger charge is 2.30. The summed E-state index contributed by atoms with van der Waals surface area (Å²) in [4.78, 5) is 0. The van der Waals surface area contributed by atoms with Gasteiger partial charge in [0.15, 0.2) is 6.83 Å². The molecule has 0 amide bonds. The van der Waals surface area contributed by atoms with E-state index in [1.54, 1.807) is 0 Å². The molecule has 0 radical (unpaired) electrons. The van der Waals surface area contributed by atoms with Crippen LogP contribution in [0, 0.1) is 0 Å². The summed E-state index contributed by atoms with van der Waals surface area (Å²) in [5.74, 6) is 0. The molecule has 2 aromatic rings. The third-order valence-corrected chi connectivity index (χ3v) is 10.7. The van der Waals surface area contributed by atoms with Crippen molar-refractivity contribution in [3.05, 3.63) is 60.7 Å². The Balaban J connectivity index is 2.60. The highest BCUT2D eigenvalue weighted by atomic mass is 32.1. The molecule has 88 valence electrons. The summed E-state index contributed by atoms with van der Waals surface area (Å²) in [7, 11) is -0.543. The van der Waals surface area contributed by atoms with Gasteiger partial charge in [0, 0.05) is 10.6 Å². The molecule has 0 heterocycles. The molecule has 0 saturated heterocycles. The van der Waals surface area contributed by atoms with Crippen LogP contribution in [0.5, 0.6) is 0 Å². The SMILES string of the molecule is CP(C)P(=O)(c1ccccc1)c1ccccc1. The van der Waals surface area contributed by atoms with Crippen molar-refractivity contribution in [2.24, 2.45) is 0 Å². The number of hydrogen-bond acceptors (Lipinski definition) is 1. The average Bonchev–Trinajstić information content (AvgIpc) is 2.39. The van der Waals surface area contributed by atoms with Crippen molar-refractivity contribution in [2.75, 3.05) is 13.3 Å². The number of rotatable bonds is 3. The molecule has 0 aliphatic rings. The van der Waals surface area contributed by atoms with Crippen molar-refractivity contribution < 1.29 is 4.57 Å². The minimum Gasteiger partial charge on any atom is -0.309 e. The molecular formula is C14H16OP2. The standard InChI is InChI=1S/C14H16OP2/c1-16(2)17(15,13-9-5-3-6-10-13)14-11-7-4-8-12-14/h3-12H,1-2H3. The van der Waals surface area contributed by atoms with Gasteiger partial charge in [-0.2, -0.15) is 0 Å². The zero-order valence-corrected chi connectivity index (χ0v) is 11.9. The zero-order chi connectivity index (χ0) is 12.3. The zero-order valence-electron chi connectivity index (χ0n) is 10.1. The van der Waals surface area contributed by atoms with Crippen molar-refractivity contribution in [1.29, 1.82) is 0 Å². The molecule has 0 aliphatic carbocycles. The van der Waals surface area contributed by atoms with Gasteiger partial charge in [-0.1, -0.05) is 60.7 Å². The summed E-state index contributed by atoms with van der Waals surface area (Å²) < 4.78 is 13.3. The molecule has 3 heteroatoms. The molecule has 0 N–H and O–H groups in total. The Kier molecular flexibility index (Phi) is 3.82. The first kappa shape index (κ1) is 12.6. The maximum Gasteiger partial charge on any atom is 0.162 e. The summed E-state index contributed by atoms with van der Waals surface area (Å²) in [6.07, 6.45) is 0. The van der Waals surface area contributed by atoms with Crippen LogP contribution in [-0.2, 0) is 4.57 Å². The Bertz CT molecular complexity index is 477. The van der Waals surface area contributed by atoms with Crippen LogP contribution in [0.2, 0.25) is 0 Å². The van der Waals surface area contributed by atoms with Crippen LogP contribution < -0.4 is 10.6 Å². The molecule has 0 atom stereocenters. The summed E-state index contributed by atoms with van der Waals surface area (Å²) in [6.45, 7) is 1.76. The van der Waals surface area contributed by atoms with E-state index < -0.39 is 14.4 Å². The summed E-state index contributed by atoms with van der Waals surface area (Å²) in [5.41, 5.74) is 0. The second-order valence-electron chi connectivity index (χ2n) is 4.09. The van der Waals surface area contributed by atoms with E-state index in [0.717, 1.165) is 10.6 Å². The van der Waals surface area contributed by atoms with Gasteiger partial charge in [-0.05, 0) is 20.9 Å². The highest BCUT2D eigenvalue weighted by molar-refractivity contribution is 8.38. The van der Waals surface area contributed by atoms with E-state index in [2.05, 4.69) is 13.3 Å². The maximum absolute atomic E-state index is 13.3. The Morgan fingerprint density at radius 2 is 1.12 bits per heavy atom. The van der Waals surface area contributed by atoms with Gasteiger partial charge >= 0.3 is 0 Å². The quantitative estimate of drug-likeness (QED) is 0.771. The largest absolute Gasteiger partial charge is 0.309 e. The van der Waals surface area contributed by atoms with Crippen LogP contribution in [-0.4, -0.2) is 13.3 Å². The van der Waals surface area contributed by atoms with Crippen molar-refractivity contribution in [2.45, 2.75) is 0 Å². The van der Waals surface area contributed by atoms with E-state index in [1.165, 1.54) is 0 Å². The Labute approximate surface area is 104 Å². The van der Waals surface area contributed by atoms with Crippen LogP contribution in [0.15, 0.2) is 60.7 Å². The summed E-state index contributed by atoms with van der Waals surface area (Å²) >= 11 is 0. The maximum atomic E-state index is 13.3. The molecule has 1 nitrogen and oxygen atoms in total. The molecule has 0 bridgehead atoms. The number of hydrogen-bond donors (Lipinski definition) is 0. The van der Waals surface area contributed by atoms with E-state index in [-0.39, 0.29) is 0 Å². The van der Waals surface area contributed by atoms with Gasteiger partial charge in [-0.25, -0.2) is 0 Å². The lowest BCUT2D eigenvalue weighted by molar-refractivity contribution is 0.595. The summed E-state index contributed by atoms with van der Waals surface area (Å²) in [5, 5.41) is 1.95. The number of benzene rings is 2. The van der Waals surface area contributed by atoms with E-state index in [4.69, 9.17) is 0 Å². The van der Waals surface area contributed by atoms with Gasteiger partial charge < -0.3 is 4.57 Å². The predicted molar refractivity (Wildman–Crippen MR) is 78.5 cm³/mol. The first-order valence-electron chi connectivity index (χ1n) is 5.55. The monoisotopic (exact) mass is 262 g/mol. The fourth-order valence-corrected chi connectivity index (χ4v) is 7.82. The van der Waals surface area contributed by atoms with Gasteiger partial charge in [0.1, 0.15) is 0 Å². The van der Waals surface area contributed by atoms with Gasteiger partial charge in [-0.3, -0.25) is 0 Å². The van der Waals surface area contributed by atoms with Crippen molar-refractivity contribution in [3.63, 3.8) is 0 Å². The fourth-order valence-electron chi connectivity index (χ4n) is 1.87. The van der Waals surface area contributed by atoms with Gasteiger partial charge in [0.2, 0.25) is 0 Å². The first-order valence-corrected chi connectivity index (χ1v) is 10.2. The van der Waals surface area contributed by atoms with Crippen LogP contribution in [0.1, 0.15) is 0 Å². The molecule has 2 aromatic carbocycles. The Morgan fingerprint density at radius 3 is 1.41 bits per heavy atom. The van der Waals surface area contributed by atoms with Crippen LogP contribution in [0.3, 0.4) is 0 Å². The molecule has 0 aromatic heterocycles. The van der Waals surface area contributed by atoms with E-state index in [0.29, 0.717) is 0 Å². The van der Waals surface area contributed by atoms with Crippen molar-refractivity contribution in [3.8, 4) is 0 Å². The lowest BCUT2D eigenvalue weighted by Gasteiger charge is -2.23. The van der Waals surface area contributed by atoms with Crippen LogP contribution >= 0.6 is 14.4 Å². The summed E-state index contributed by atoms with van der Waals surface area (Å²) in [6, 6.07) is 19.7. The molecular weight excluding hydrogens is 246 g/mol. The lowest BCUT2D eigenvalue weighted by Crippen LogP contribution is -2.14. The first-order chi connectivity index (χ1) is 8.15.